The Morgan fingerprint density at radius 1 is 1.26 bits per heavy atom. The van der Waals surface area contributed by atoms with Crippen LogP contribution in [0, 0.1) is 0 Å². The van der Waals surface area contributed by atoms with Crippen LogP contribution in [0.1, 0.15) is 31.7 Å². The number of nitrogens with zero attached hydrogens (tertiary/aromatic N) is 2. The van der Waals surface area contributed by atoms with Gasteiger partial charge in [-0.15, -0.1) is 24.0 Å². The van der Waals surface area contributed by atoms with Crippen LogP contribution >= 0.6 is 24.0 Å². The van der Waals surface area contributed by atoms with E-state index in [0.717, 1.165) is 30.9 Å². The summed E-state index contributed by atoms with van der Waals surface area (Å²) in [4.78, 5) is 17.6. The first-order valence-corrected chi connectivity index (χ1v) is 8.56. The van der Waals surface area contributed by atoms with Crippen molar-refractivity contribution in [2.45, 2.75) is 39.3 Å². The van der Waals surface area contributed by atoms with E-state index in [-0.39, 0.29) is 35.7 Å². The first-order chi connectivity index (χ1) is 12.5. The number of carbonyl (C=O) groups excluding carboxylic acids is 1. The van der Waals surface area contributed by atoms with Crippen LogP contribution in [0.5, 0.6) is 5.75 Å². The molecule has 0 aliphatic rings. The van der Waals surface area contributed by atoms with Crippen LogP contribution in [0.2, 0.25) is 0 Å². The number of alkyl halides is 2. The van der Waals surface area contributed by atoms with Gasteiger partial charge in [-0.3, -0.25) is 9.79 Å². The van der Waals surface area contributed by atoms with E-state index in [1.54, 1.807) is 12.1 Å². The second kappa shape index (κ2) is 14.4. The molecule has 0 aliphatic carbocycles. The molecule has 0 aliphatic heterocycles. The topological polar surface area (TPSA) is 63.2 Å². The van der Waals surface area contributed by atoms with Gasteiger partial charge in [-0.2, -0.15) is 8.78 Å². The van der Waals surface area contributed by atoms with Crippen molar-refractivity contribution in [2.24, 2.45) is 4.99 Å². The van der Waals surface area contributed by atoms with Crippen molar-refractivity contribution >= 4 is 35.9 Å². The summed E-state index contributed by atoms with van der Waals surface area (Å²) in [5.74, 6) is 0.674. The Balaban J connectivity index is 0.00000676. The van der Waals surface area contributed by atoms with Gasteiger partial charge in [-0.05, 0) is 37.5 Å². The number of hydrogen-bond donors (Lipinski definition) is 1. The quantitative estimate of drug-likeness (QED) is 0.175. The molecule has 0 heterocycles. The van der Waals surface area contributed by atoms with Gasteiger partial charge in [0.25, 0.3) is 0 Å². The maximum Gasteiger partial charge on any atom is 0.387 e. The van der Waals surface area contributed by atoms with Crippen molar-refractivity contribution < 1.29 is 23.0 Å². The Morgan fingerprint density at radius 3 is 2.48 bits per heavy atom. The number of esters is 1. The van der Waals surface area contributed by atoms with Crippen molar-refractivity contribution in [3.63, 3.8) is 0 Å². The molecule has 1 aromatic carbocycles. The lowest BCUT2D eigenvalue weighted by molar-refractivity contribution is -0.140. The first-order valence-electron chi connectivity index (χ1n) is 8.56. The van der Waals surface area contributed by atoms with E-state index in [9.17, 15) is 13.6 Å². The fraction of sp³-hybridized carbons (Fsp3) is 0.556. The number of ether oxygens (including phenoxy) is 2. The third-order valence-corrected chi connectivity index (χ3v) is 3.54. The predicted octanol–water partition coefficient (Wildman–Crippen LogP) is 3.65. The minimum Gasteiger partial charge on any atom is -0.469 e. The molecule has 0 spiro atoms. The van der Waals surface area contributed by atoms with E-state index in [2.05, 4.69) is 19.8 Å². The fourth-order valence-corrected chi connectivity index (χ4v) is 2.26. The number of halogens is 3. The van der Waals surface area contributed by atoms with Gasteiger partial charge < -0.3 is 19.7 Å². The number of guanidine groups is 1. The molecule has 0 fully saturated rings. The van der Waals surface area contributed by atoms with Gasteiger partial charge in [0, 0.05) is 33.1 Å². The summed E-state index contributed by atoms with van der Waals surface area (Å²) in [5, 5.41) is 3.21. The minimum atomic E-state index is -2.82. The number of methoxy groups -OCH3 is 1. The molecular weight excluding hydrogens is 471 g/mol. The van der Waals surface area contributed by atoms with Crippen molar-refractivity contribution in [1.82, 2.24) is 10.2 Å². The van der Waals surface area contributed by atoms with Gasteiger partial charge in [-0.25, -0.2) is 0 Å². The predicted molar refractivity (Wildman–Crippen MR) is 112 cm³/mol. The number of benzene rings is 1. The maximum absolute atomic E-state index is 12.2. The largest absolute Gasteiger partial charge is 0.469 e. The SMILES string of the molecule is CCNC(=NCCCCC(=O)OC)N(C)Cc1ccc(OC(F)F)cc1.I. The van der Waals surface area contributed by atoms with E-state index in [1.165, 1.54) is 19.2 Å². The Labute approximate surface area is 176 Å². The number of hydrogen-bond acceptors (Lipinski definition) is 4. The molecule has 0 unspecified atom stereocenters. The average molecular weight is 499 g/mol. The molecule has 1 aromatic rings. The highest BCUT2D eigenvalue weighted by Gasteiger charge is 2.08. The normalized spacial score (nSPS) is 11.0. The molecule has 1 N–H and O–H groups in total. The number of carbonyl (C=O) groups is 1. The molecule has 1 rings (SSSR count). The monoisotopic (exact) mass is 499 g/mol. The van der Waals surface area contributed by atoms with Crippen LogP contribution < -0.4 is 10.1 Å². The molecule has 27 heavy (non-hydrogen) atoms. The van der Waals surface area contributed by atoms with E-state index in [1.807, 2.05) is 18.9 Å². The van der Waals surface area contributed by atoms with E-state index < -0.39 is 6.61 Å². The van der Waals surface area contributed by atoms with E-state index in [4.69, 9.17) is 0 Å². The highest BCUT2D eigenvalue weighted by atomic mass is 127. The summed E-state index contributed by atoms with van der Waals surface area (Å²) in [7, 11) is 3.28. The van der Waals surface area contributed by atoms with Crippen molar-refractivity contribution in [2.75, 3.05) is 27.2 Å². The molecule has 0 radical (unpaired) electrons. The lowest BCUT2D eigenvalue weighted by Gasteiger charge is -2.22. The summed E-state index contributed by atoms with van der Waals surface area (Å²) in [6, 6.07) is 6.53. The van der Waals surface area contributed by atoms with Gasteiger partial charge in [0.15, 0.2) is 5.96 Å². The lowest BCUT2D eigenvalue weighted by Crippen LogP contribution is -2.38. The van der Waals surface area contributed by atoms with Gasteiger partial charge in [0.1, 0.15) is 5.75 Å². The van der Waals surface area contributed by atoms with Crippen molar-refractivity contribution in [1.29, 1.82) is 0 Å². The lowest BCUT2D eigenvalue weighted by atomic mass is 10.2. The summed E-state index contributed by atoms with van der Waals surface area (Å²) in [6.07, 6.45) is 1.91. The van der Waals surface area contributed by atoms with Crippen LogP contribution in [0.4, 0.5) is 8.78 Å². The van der Waals surface area contributed by atoms with Crippen LogP contribution in [0.15, 0.2) is 29.3 Å². The molecule has 0 aromatic heterocycles. The van der Waals surface area contributed by atoms with Crippen LogP contribution in [0.3, 0.4) is 0 Å². The Morgan fingerprint density at radius 2 is 1.93 bits per heavy atom. The van der Waals surface area contributed by atoms with Gasteiger partial charge in [-0.1, -0.05) is 12.1 Å². The summed E-state index contributed by atoms with van der Waals surface area (Å²) >= 11 is 0. The highest BCUT2D eigenvalue weighted by molar-refractivity contribution is 14.0. The molecule has 0 amide bonds. The number of aliphatic imine (C=N–C) groups is 1. The number of nitrogens with one attached hydrogen (secondary N) is 1. The standard InChI is InChI=1S/C18H27F2N3O3.HI/c1-4-21-18(22-12-6-5-7-16(24)25-3)23(2)13-14-8-10-15(11-9-14)26-17(19)20;/h8-11,17H,4-7,12-13H2,1-3H3,(H,21,22);1H. The zero-order valence-corrected chi connectivity index (χ0v) is 18.2. The molecule has 0 atom stereocenters. The van der Waals surface area contributed by atoms with Crippen LogP contribution in [-0.2, 0) is 16.1 Å². The second-order valence-corrected chi connectivity index (χ2v) is 5.65. The van der Waals surface area contributed by atoms with E-state index >= 15 is 0 Å². The smallest absolute Gasteiger partial charge is 0.387 e. The zero-order chi connectivity index (χ0) is 19.4. The Bertz CT molecular complexity index is 571. The maximum atomic E-state index is 12.2. The first kappa shape index (κ1) is 25.4. The Hall–Kier alpha value is -1.65. The molecular formula is C18H28F2IN3O3. The second-order valence-electron chi connectivity index (χ2n) is 5.65. The van der Waals surface area contributed by atoms with Crippen molar-refractivity contribution in [3.05, 3.63) is 29.8 Å². The average Bonchev–Trinajstić information content (AvgIpc) is 2.61. The summed E-state index contributed by atoms with van der Waals surface area (Å²) in [6.45, 7) is 1.06. The third-order valence-electron chi connectivity index (χ3n) is 3.54. The molecule has 9 heteroatoms. The van der Waals surface area contributed by atoms with Gasteiger partial charge in [0.05, 0.1) is 7.11 Å². The molecule has 0 bridgehead atoms. The number of unbranched alkanes of at least 4 members (excludes halogenated alkanes) is 1. The zero-order valence-electron chi connectivity index (χ0n) is 15.9. The number of rotatable bonds is 10. The third kappa shape index (κ3) is 10.9. The van der Waals surface area contributed by atoms with E-state index in [0.29, 0.717) is 19.5 Å². The minimum absolute atomic E-state index is 0. The molecule has 0 saturated heterocycles. The van der Waals surface area contributed by atoms with Crippen LogP contribution in [-0.4, -0.2) is 50.7 Å². The molecule has 0 saturated carbocycles. The molecule has 154 valence electrons. The van der Waals surface area contributed by atoms with Gasteiger partial charge in [0.2, 0.25) is 0 Å². The van der Waals surface area contributed by atoms with Crippen molar-refractivity contribution in [3.8, 4) is 5.75 Å². The summed E-state index contributed by atoms with van der Waals surface area (Å²) < 4.78 is 33.3. The Kier molecular flexibility index (Phi) is 13.5. The van der Waals surface area contributed by atoms with Crippen LogP contribution in [0.25, 0.3) is 0 Å². The summed E-state index contributed by atoms with van der Waals surface area (Å²) in [5.41, 5.74) is 0.949. The molecule has 6 nitrogen and oxygen atoms in total. The fourth-order valence-electron chi connectivity index (χ4n) is 2.26. The highest BCUT2D eigenvalue weighted by Crippen LogP contribution is 2.15. The van der Waals surface area contributed by atoms with Gasteiger partial charge >= 0.3 is 12.6 Å².